The molecular weight excluding hydrogens is 354 g/mol. The Morgan fingerprint density at radius 1 is 1.00 bits per heavy atom. The summed E-state index contributed by atoms with van der Waals surface area (Å²) in [6.07, 6.45) is -0.317. The standard InChI is InChI=1S/C19H21NO5S/c1-14-12-20(13-15(2)24-14)26(22,23)18-10-8-16(9-11-18)19(21)25-17-6-4-3-5-7-17/h3-11,14-15H,12-13H2,1-2H3. The number of benzene rings is 2. The smallest absolute Gasteiger partial charge is 0.343 e. The Balaban J connectivity index is 1.75. The fraction of sp³-hybridized carbons (Fsp3) is 0.316. The first-order valence-electron chi connectivity index (χ1n) is 8.39. The Kier molecular flexibility index (Phi) is 5.41. The summed E-state index contributed by atoms with van der Waals surface area (Å²) in [7, 11) is -3.63. The average Bonchev–Trinajstić information content (AvgIpc) is 2.62. The van der Waals surface area contributed by atoms with E-state index >= 15 is 0 Å². The van der Waals surface area contributed by atoms with Crippen molar-refractivity contribution in [1.82, 2.24) is 4.31 Å². The molecule has 0 aromatic heterocycles. The largest absolute Gasteiger partial charge is 0.423 e. The highest BCUT2D eigenvalue weighted by molar-refractivity contribution is 7.89. The predicted molar refractivity (Wildman–Crippen MR) is 96.6 cm³/mol. The van der Waals surface area contributed by atoms with Crippen LogP contribution in [0.1, 0.15) is 24.2 Å². The summed E-state index contributed by atoms with van der Waals surface area (Å²) in [5.74, 6) is -0.0979. The predicted octanol–water partition coefficient (Wildman–Crippen LogP) is 2.70. The van der Waals surface area contributed by atoms with E-state index in [9.17, 15) is 13.2 Å². The highest BCUT2D eigenvalue weighted by atomic mass is 32.2. The molecule has 0 spiro atoms. The Morgan fingerprint density at radius 3 is 2.15 bits per heavy atom. The van der Waals surface area contributed by atoms with Crippen LogP contribution in [0.5, 0.6) is 5.75 Å². The van der Waals surface area contributed by atoms with Gasteiger partial charge in [0.1, 0.15) is 5.75 Å². The third-order valence-corrected chi connectivity index (χ3v) is 5.91. The molecule has 26 heavy (non-hydrogen) atoms. The van der Waals surface area contributed by atoms with Gasteiger partial charge in [0.2, 0.25) is 10.0 Å². The summed E-state index contributed by atoms with van der Waals surface area (Å²) in [5.41, 5.74) is 0.288. The van der Waals surface area contributed by atoms with Gasteiger partial charge in [-0.15, -0.1) is 0 Å². The minimum absolute atomic E-state index is 0.148. The summed E-state index contributed by atoms with van der Waals surface area (Å²) >= 11 is 0. The minimum Gasteiger partial charge on any atom is -0.423 e. The number of ether oxygens (including phenoxy) is 2. The summed E-state index contributed by atoms with van der Waals surface area (Å²) in [4.78, 5) is 12.3. The summed E-state index contributed by atoms with van der Waals surface area (Å²) < 4.78 is 37.9. The molecule has 1 fully saturated rings. The van der Waals surface area contributed by atoms with E-state index in [1.165, 1.54) is 28.6 Å². The van der Waals surface area contributed by atoms with Gasteiger partial charge in [-0.25, -0.2) is 13.2 Å². The Labute approximate surface area is 153 Å². The second-order valence-corrected chi connectivity index (χ2v) is 8.24. The molecule has 1 aliphatic heterocycles. The highest BCUT2D eigenvalue weighted by Gasteiger charge is 2.32. The number of carbonyl (C=O) groups is 1. The molecule has 0 amide bonds. The van der Waals surface area contributed by atoms with Crippen molar-refractivity contribution >= 4 is 16.0 Å². The van der Waals surface area contributed by atoms with Gasteiger partial charge < -0.3 is 9.47 Å². The van der Waals surface area contributed by atoms with Gasteiger partial charge in [0.25, 0.3) is 0 Å². The first kappa shape index (κ1) is 18.6. The number of carbonyl (C=O) groups excluding carboxylic acids is 1. The second-order valence-electron chi connectivity index (χ2n) is 6.31. The summed E-state index contributed by atoms with van der Waals surface area (Å²) in [5, 5.41) is 0. The molecule has 0 bridgehead atoms. The van der Waals surface area contributed by atoms with Crippen LogP contribution in [0.4, 0.5) is 0 Å². The van der Waals surface area contributed by atoms with Crippen molar-refractivity contribution in [2.24, 2.45) is 0 Å². The lowest BCUT2D eigenvalue weighted by atomic mass is 10.2. The number of hydrogen-bond acceptors (Lipinski definition) is 5. The van der Waals surface area contributed by atoms with Gasteiger partial charge in [-0.3, -0.25) is 0 Å². The number of nitrogens with zero attached hydrogens (tertiary/aromatic N) is 1. The lowest BCUT2D eigenvalue weighted by molar-refractivity contribution is -0.0440. The van der Waals surface area contributed by atoms with Crippen molar-refractivity contribution in [2.75, 3.05) is 13.1 Å². The zero-order valence-corrected chi connectivity index (χ0v) is 15.5. The van der Waals surface area contributed by atoms with Crippen LogP contribution in [0.3, 0.4) is 0 Å². The first-order chi connectivity index (χ1) is 12.4. The van der Waals surface area contributed by atoms with Gasteiger partial charge in [0.05, 0.1) is 22.7 Å². The van der Waals surface area contributed by atoms with E-state index in [0.29, 0.717) is 18.8 Å². The van der Waals surface area contributed by atoms with Crippen molar-refractivity contribution in [3.63, 3.8) is 0 Å². The lowest BCUT2D eigenvalue weighted by Crippen LogP contribution is -2.48. The third-order valence-electron chi connectivity index (χ3n) is 4.07. The van der Waals surface area contributed by atoms with Gasteiger partial charge in [0, 0.05) is 13.1 Å². The molecule has 2 aromatic rings. The van der Waals surface area contributed by atoms with Gasteiger partial charge in [-0.05, 0) is 50.2 Å². The first-order valence-corrected chi connectivity index (χ1v) is 9.83. The number of para-hydroxylation sites is 1. The van der Waals surface area contributed by atoms with E-state index in [-0.39, 0.29) is 22.7 Å². The maximum absolute atomic E-state index is 12.8. The zero-order chi connectivity index (χ0) is 18.7. The molecule has 7 heteroatoms. The number of morpholine rings is 1. The van der Waals surface area contributed by atoms with Gasteiger partial charge >= 0.3 is 5.97 Å². The Bertz CT molecular complexity index is 855. The molecule has 2 unspecified atom stereocenters. The second kappa shape index (κ2) is 7.57. The van der Waals surface area contributed by atoms with Crippen molar-refractivity contribution < 1.29 is 22.7 Å². The molecule has 0 radical (unpaired) electrons. The Hall–Kier alpha value is -2.22. The van der Waals surface area contributed by atoms with E-state index in [0.717, 1.165) is 0 Å². The van der Waals surface area contributed by atoms with Crippen LogP contribution < -0.4 is 4.74 Å². The monoisotopic (exact) mass is 375 g/mol. The van der Waals surface area contributed by atoms with E-state index in [2.05, 4.69) is 0 Å². The molecule has 3 rings (SSSR count). The number of sulfonamides is 1. The zero-order valence-electron chi connectivity index (χ0n) is 14.7. The van der Waals surface area contributed by atoms with Crippen molar-refractivity contribution in [3.05, 3.63) is 60.2 Å². The average molecular weight is 375 g/mol. The van der Waals surface area contributed by atoms with Gasteiger partial charge in [-0.1, -0.05) is 18.2 Å². The minimum atomic E-state index is -3.63. The maximum atomic E-state index is 12.8. The topological polar surface area (TPSA) is 72.9 Å². The van der Waals surface area contributed by atoms with Crippen LogP contribution in [0.2, 0.25) is 0 Å². The summed E-state index contributed by atoms with van der Waals surface area (Å²) in [6, 6.07) is 14.5. The van der Waals surface area contributed by atoms with Gasteiger partial charge in [0.15, 0.2) is 0 Å². The lowest BCUT2D eigenvalue weighted by Gasteiger charge is -2.34. The van der Waals surface area contributed by atoms with Crippen LogP contribution in [0.25, 0.3) is 0 Å². The Morgan fingerprint density at radius 2 is 1.58 bits per heavy atom. The van der Waals surface area contributed by atoms with E-state index in [1.807, 2.05) is 19.9 Å². The molecule has 0 aliphatic carbocycles. The fourth-order valence-corrected chi connectivity index (χ4v) is 4.48. The van der Waals surface area contributed by atoms with Crippen molar-refractivity contribution in [2.45, 2.75) is 31.0 Å². The van der Waals surface area contributed by atoms with Crippen LogP contribution in [0, 0.1) is 0 Å². The molecule has 1 heterocycles. The molecule has 0 saturated carbocycles. The molecule has 2 aromatic carbocycles. The SMILES string of the molecule is CC1CN(S(=O)(=O)c2ccc(C(=O)Oc3ccccc3)cc2)CC(C)O1. The fourth-order valence-electron chi connectivity index (χ4n) is 2.89. The normalized spacial score (nSPS) is 21.3. The third kappa shape index (κ3) is 4.12. The molecule has 6 nitrogen and oxygen atoms in total. The van der Waals surface area contributed by atoms with Gasteiger partial charge in [-0.2, -0.15) is 4.31 Å². The molecule has 138 valence electrons. The van der Waals surface area contributed by atoms with Crippen molar-refractivity contribution in [3.8, 4) is 5.75 Å². The van der Waals surface area contributed by atoms with E-state index in [4.69, 9.17) is 9.47 Å². The van der Waals surface area contributed by atoms with E-state index < -0.39 is 16.0 Å². The number of esters is 1. The number of hydrogen-bond donors (Lipinski definition) is 0. The summed E-state index contributed by atoms with van der Waals surface area (Å²) in [6.45, 7) is 4.32. The molecule has 2 atom stereocenters. The molecule has 0 N–H and O–H groups in total. The number of rotatable bonds is 4. The van der Waals surface area contributed by atoms with Crippen LogP contribution in [0.15, 0.2) is 59.5 Å². The maximum Gasteiger partial charge on any atom is 0.343 e. The van der Waals surface area contributed by atoms with Crippen LogP contribution in [-0.2, 0) is 14.8 Å². The quantitative estimate of drug-likeness (QED) is 0.607. The molecule has 1 aliphatic rings. The molecule has 1 saturated heterocycles. The highest BCUT2D eigenvalue weighted by Crippen LogP contribution is 2.22. The van der Waals surface area contributed by atoms with E-state index in [1.54, 1.807) is 24.3 Å². The molecular formula is C19H21NO5S. The van der Waals surface area contributed by atoms with Crippen molar-refractivity contribution in [1.29, 1.82) is 0 Å². The van der Waals surface area contributed by atoms with Crippen LogP contribution in [-0.4, -0.2) is 44.0 Å². The van der Waals surface area contributed by atoms with Crippen LogP contribution >= 0.6 is 0 Å².